The van der Waals surface area contributed by atoms with E-state index in [0.717, 1.165) is 23.6 Å². The number of benzene rings is 2. The monoisotopic (exact) mass is 342 g/mol. The van der Waals surface area contributed by atoms with Crippen LogP contribution in [-0.4, -0.2) is 29.7 Å². The van der Waals surface area contributed by atoms with Gasteiger partial charge in [-0.2, -0.15) is 0 Å². The van der Waals surface area contributed by atoms with E-state index in [0.29, 0.717) is 13.0 Å². The molecule has 0 spiro atoms. The van der Waals surface area contributed by atoms with Crippen molar-refractivity contribution in [1.29, 1.82) is 0 Å². The summed E-state index contributed by atoms with van der Waals surface area (Å²) in [4.78, 5) is 11.5. The summed E-state index contributed by atoms with van der Waals surface area (Å²) >= 11 is 1.61. The van der Waals surface area contributed by atoms with Crippen LogP contribution in [0.3, 0.4) is 0 Å². The molecule has 2 atom stereocenters. The maximum absolute atomic E-state index is 12.3. The Hall–Kier alpha value is -1.98. The quantitative estimate of drug-likeness (QED) is 0.812. The first-order chi connectivity index (χ1) is 11.7. The second-order valence-electron chi connectivity index (χ2n) is 5.79. The van der Waals surface area contributed by atoms with Crippen LogP contribution < -0.4 is 15.8 Å². The maximum Gasteiger partial charge on any atom is 0.248 e. The van der Waals surface area contributed by atoms with Crippen LogP contribution in [0.25, 0.3) is 0 Å². The van der Waals surface area contributed by atoms with E-state index in [1.165, 1.54) is 0 Å². The molecule has 4 nitrogen and oxygen atoms in total. The number of thioether (sulfide) groups is 1. The van der Waals surface area contributed by atoms with Crippen LogP contribution >= 0.6 is 11.8 Å². The Balaban J connectivity index is 1.79. The Morgan fingerprint density at radius 1 is 1.17 bits per heavy atom. The highest BCUT2D eigenvalue weighted by Crippen LogP contribution is 2.42. The summed E-state index contributed by atoms with van der Waals surface area (Å²) in [5.74, 6) is 1.38. The zero-order valence-electron chi connectivity index (χ0n) is 13.5. The molecule has 1 amide bonds. The lowest BCUT2D eigenvalue weighted by molar-refractivity contribution is -0.121. The van der Waals surface area contributed by atoms with Crippen molar-refractivity contribution < 1.29 is 9.53 Å². The highest BCUT2D eigenvalue weighted by atomic mass is 32.2. The Morgan fingerprint density at radius 2 is 1.83 bits per heavy atom. The van der Waals surface area contributed by atoms with Crippen LogP contribution in [0.2, 0.25) is 0 Å². The van der Waals surface area contributed by atoms with Crippen LogP contribution in [0.4, 0.5) is 0 Å². The minimum atomic E-state index is -0.762. The molecule has 1 aliphatic heterocycles. The average molecular weight is 342 g/mol. The molecule has 0 aromatic heterocycles. The number of primary amides is 1. The average Bonchev–Trinajstić information content (AvgIpc) is 3.11. The van der Waals surface area contributed by atoms with E-state index in [1.807, 2.05) is 48.5 Å². The molecule has 3 N–H and O–H groups in total. The highest BCUT2D eigenvalue weighted by Gasteiger charge is 2.47. The smallest absolute Gasteiger partial charge is 0.248 e. The van der Waals surface area contributed by atoms with Gasteiger partial charge >= 0.3 is 0 Å². The van der Waals surface area contributed by atoms with Crippen LogP contribution in [0.5, 0.6) is 5.75 Å². The second kappa shape index (κ2) is 7.73. The van der Waals surface area contributed by atoms with Crippen LogP contribution in [0.1, 0.15) is 17.9 Å². The fraction of sp³-hybridized carbons (Fsp3) is 0.316. The molecule has 0 radical (unpaired) electrons. The molecule has 24 heavy (non-hydrogen) atoms. The molecule has 0 saturated carbocycles. The zero-order chi connectivity index (χ0) is 16.8. The summed E-state index contributed by atoms with van der Waals surface area (Å²) in [6, 6.07) is 19.8. The normalized spacial score (nSPS) is 21.3. The van der Waals surface area contributed by atoms with Gasteiger partial charge in [0.2, 0.25) is 5.91 Å². The van der Waals surface area contributed by atoms with Crippen LogP contribution in [0, 0.1) is 0 Å². The number of carbonyl (C=O) groups is 1. The molecule has 0 aliphatic carbocycles. The van der Waals surface area contributed by atoms with Crippen LogP contribution in [-0.2, 0) is 4.79 Å². The van der Waals surface area contributed by atoms with Gasteiger partial charge in [0.15, 0.2) is 4.87 Å². The molecule has 2 aromatic carbocycles. The number of hydrogen-bond donors (Lipinski definition) is 2. The van der Waals surface area contributed by atoms with Crippen molar-refractivity contribution >= 4 is 17.7 Å². The summed E-state index contributed by atoms with van der Waals surface area (Å²) < 4.78 is 5.85. The topological polar surface area (TPSA) is 64.4 Å². The van der Waals surface area contributed by atoms with Crippen LogP contribution in [0.15, 0.2) is 60.7 Å². The summed E-state index contributed by atoms with van der Waals surface area (Å²) in [5.41, 5.74) is 6.90. The Kier molecular flexibility index (Phi) is 5.43. The minimum absolute atomic E-state index is 0.0348. The predicted molar refractivity (Wildman–Crippen MR) is 98.1 cm³/mol. The molecule has 3 rings (SSSR count). The molecule has 1 aliphatic rings. The number of hydrogen-bond acceptors (Lipinski definition) is 4. The lowest BCUT2D eigenvalue weighted by Gasteiger charge is -2.34. The third-order valence-corrected chi connectivity index (χ3v) is 5.79. The van der Waals surface area contributed by atoms with E-state index in [1.54, 1.807) is 11.8 Å². The van der Waals surface area contributed by atoms with E-state index in [-0.39, 0.29) is 11.8 Å². The number of nitrogens with one attached hydrogen (secondary N) is 1. The van der Waals surface area contributed by atoms with Gasteiger partial charge in [-0.3, -0.25) is 10.1 Å². The van der Waals surface area contributed by atoms with Gasteiger partial charge in [0, 0.05) is 18.2 Å². The molecule has 126 valence electrons. The summed E-state index contributed by atoms with van der Waals surface area (Å²) in [5, 5.41) is 3.35. The van der Waals surface area contributed by atoms with Gasteiger partial charge in [-0.1, -0.05) is 48.5 Å². The standard InChI is InChI=1S/C19H22N2O2S/c20-18(22)19(21-12-14-24-19)17(15-7-3-1-4-8-15)11-13-23-16-9-5-2-6-10-16/h1-10,17,21H,11-14H2,(H2,20,22). The molecule has 1 fully saturated rings. The second-order valence-corrected chi connectivity index (χ2v) is 7.13. The van der Waals surface area contributed by atoms with Crippen molar-refractivity contribution in [2.24, 2.45) is 5.73 Å². The van der Waals surface area contributed by atoms with Gasteiger partial charge in [-0.25, -0.2) is 0 Å². The molecular formula is C19H22N2O2S. The molecule has 1 saturated heterocycles. The highest BCUT2D eigenvalue weighted by molar-refractivity contribution is 8.01. The largest absolute Gasteiger partial charge is 0.494 e. The fourth-order valence-corrected chi connectivity index (χ4v) is 4.48. The third-order valence-electron chi connectivity index (χ3n) is 4.30. The van der Waals surface area contributed by atoms with Gasteiger partial charge in [0.25, 0.3) is 0 Å². The Morgan fingerprint density at radius 3 is 2.42 bits per heavy atom. The minimum Gasteiger partial charge on any atom is -0.494 e. The first kappa shape index (κ1) is 16.9. The molecule has 2 unspecified atom stereocenters. The summed E-state index contributed by atoms with van der Waals surface area (Å²) in [7, 11) is 0. The van der Waals surface area contributed by atoms with E-state index < -0.39 is 4.87 Å². The van der Waals surface area contributed by atoms with Gasteiger partial charge < -0.3 is 10.5 Å². The predicted octanol–water partition coefficient (Wildman–Crippen LogP) is 2.76. The molecule has 0 bridgehead atoms. The van der Waals surface area contributed by atoms with E-state index in [2.05, 4.69) is 17.4 Å². The lowest BCUT2D eigenvalue weighted by Crippen LogP contribution is -2.54. The SMILES string of the molecule is NC(=O)C1(C(CCOc2ccccc2)c2ccccc2)NCCS1. The van der Waals surface area contributed by atoms with Crippen molar-refractivity contribution in [3.63, 3.8) is 0 Å². The number of amides is 1. The summed E-state index contributed by atoms with van der Waals surface area (Å²) in [6.45, 7) is 1.32. The first-order valence-electron chi connectivity index (χ1n) is 8.14. The van der Waals surface area contributed by atoms with Gasteiger partial charge in [-0.15, -0.1) is 11.8 Å². The third kappa shape index (κ3) is 3.57. The molecule has 5 heteroatoms. The van der Waals surface area contributed by atoms with Crippen molar-refractivity contribution in [2.45, 2.75) is 17.2 Å². The van der Waals surface area contributed by atoms with Crippen molar-refractivity contribution in [3.8, 4) is 5.75 Å². The van der Waals surface area contributed by atoms with Crippen molar-refractivity contribution in [2.75, 3.05) is 18.9 Å². The van der Waals surface area contributed by atoms with Gasteiger partial charge in [0.1, 0.15) is 5.75 Å². The molecule has 1 heterocycles. The summed E-state index contributed by atoms with van der Waals surface area (Å²) in [6.07, 6.45) is 0.710. The number of ether oxygens (including phenoxy) is 1. The maximum atomic E-state index is 12.3. The number of rotatable bonds is 7. The van der Waals surface area contributed by atoms with E-state index >= 15 is 0 Å². The fourth-order valence-electron chi connectivity index (χ4n) is 3.15. The first-order valence-corrected chi connectivity index (χ1v) is 9.12. The van der Waals surface area contributed by atoms with Crippen molar-refractivity contribution in [1.82, 2.24) is 5.32 Å². The van der Waals surface area contributed by atoms with E-state index in [9.17, 15) is 4.79 Å². The number of nitrogens with two attached hydrogens (primary N) is 1. The number of para-hydroxylation sites is 1. The lowest BCUT2D eigenvalue weighted by atomic mass is 9.87. The molecule has 2 aromatic rings. The Bertz CT molecular complexity index is 658. The molecular weight excluding hydrogens is 320 g/mol. The Labute approximate surface area is 146 Å². The van der Waals surface area contributed by atoms with Gasteiger partial charge in [0.05, 0.1) is 6.61 Å². The van der Waals surface area contributed by atoms with Crippen molar-refractivity contribution in [3.05, 3.63) is 66.2 Å². The number of carbonyl (C=O) groups excluding carboxylic acids is 1. The van der Waals surface area contributed by atoms with E-state index in [4.69, 9.17) is 10.5 Å². The van der Waals surface area contributed by atoms with Gasteiger partial charge in [-0.05, 0) is 24.1 Å². The zero-order valence-corrected chi connectivity index (χ0v) is 14.3.